The van der Waals surface area contributed by atoms with Crippen LogP contribution in [0.5, 0.6) is 0 Å². The molecule has 0 bridgehead atoms. The lowest BCUT2D eigenvalue weighted by Gasteiger charge is -2.42. The molecule has 1 fully saturated rings. The average molecular weight is 348 g/mol. The lowest BCUT2D eigenvalue weighted by Crippen LogP contribution is -2.48. The number of amides is 1. The van der Waals surface area contributed by atoms with Crippen molar-refractivity contribution in [3.8, 4) is 0 Å². The van der Waals surface area contributed by atoms with Gasteiger partial charge in [-0.15, -0.1) is 0 Å². The number of carbonyl (C=O) groups excluding carboxylic acids is 1. The normalized spacial score (nSPS) is 27.2. The van der Waals surface area contributed by atoms with Gasteiger partial charge in [0.25, 0.3) is 0 Å². The lowest BCUT2D eigenvalue weighted by molar-refractivity contribution is -0.133. The van der Waals surface area contributed by atoms with Crippen molar-refractivity contribution in [3.63, 3.8) is 0 Å². The number of likely N-dealkylation sites (tertiary alicyclic amines) is 1. The van der Waals surface area contributed by atoms with E-state index in [1.165, 1.54) is 0 Å². The molecule has 1 aromatic heterocycles. The summed E-state index contributed by atoms with van der Waals surface area (Å²) < 4.78 is 1.99. The molecular formula is C18H22ClN3O2. The summed E-state index contributed by atoms with van der Waals surface area (Å²) in [5, 5.41) is 17.2. The summed E-state index contributed by atoms with van der Waals surface area (Å²) in [4.78, 5) is 13.8. The maximum Gasteiger partial charge on any atom is 0.222 e. The summed E-state index contributed by atoms with van der Waals surface area (Å²) in [5.74, 6) is 0.477. The van der Waals surface area contributed by atoms with E-state index in [1.54, 1.807) is 0 Å². The van der Waals surface area contributed by atoms with E-state index in [4.69, 9.17) is 11.6 Å². The second kappa shape index (κ2) is 5.46. The van der Waals surface area contributed by atoms with Gasteiger partial charge in [-0.2, -0.15) is 5.10 Å². The first kappa shape index (κ1) is 15.9. The van der Waals surface area contributed by atoms with Crippen molar-refractivity contribution in [2.24, 2.45) is 5.92 Å². The number of hydrogen-bond donors (Lipinski definition) is 1. The number of carbonyl (C=O) groups is 1. The van der Waals surface area contributed by atoms with Gasteiger partial charge in [0, 0.05) is 35.5 Å². The molecule has 3 heterocycles. The Morgan fingerprint density at radius 3 is 2.79 bits per heavy atom. The molecule has 1 N–H and O–H groups in total. The maximum atomic E-state index is 11.9. The van der Waals surface area contributed by atoms with Crippen molar-refractivity contribution in [2.45, 2.75) is 44.8 Å². The van der Waals surface area contributed by atoms with Crippen LogP contribution in [0.15, 0.2) is 18.3 Å². The third kappa shape index (κ3) is 2.04. The van der Waals surface area contributed by atoms with Crippen molar-refractivity contribution >= 4 is 28.4 Å². The molecule has 1 amide bonds. The van der Waals surface area contributed by atoms with E-state index in [1.807, 2.05) is 34.8 Å². The molecule has 0 spiro atoms. The van der Waals surface area contributed by atoms with E-state index < -0.39 is 11.6 Å². The maximum absolute atomic E-state index is 11.9. The summed E-state index contributed by atoms with van der Waals surface area (Å²) >= 11 is 6.20. The Morgan fingerprint density at radius 1 is 1.42 bits per heavy atom. The molecular weight excluding hydrogens is 326 g/mol. The summed E-state index contributed by atoms with van der Waals surface area (Å²) in [7, 11) is 0. The van der Waals surface area contributed by atoms with E-state index in [-0.39, 0.29) is 11.8 Å². The Kier molecular flexibility index (Phi) is 3.62. The van der Waals surface area contributed by atoms with E-state index in [0.29, 0.717) is 11.4 Å². The largest absolute Gasteiger partial charge is 0.386 e. The van der Waals surface area contributed by atoms with Crippen molar-refractivity contribution in [1.82, 2.24) is 14.7 Å². The smallest absolute Gasteiger partial charge is 0.222 e. The molecule has 6 heteroatoms. The van der Waals surface area contributed by atoms with Crippen LogP contribution in [0.1, 0.15) is 44.8 Å². The second-order valence-corrected chi connectivity index (χ2v) is 7.56. The molecule has 2 aliphatic heterocycles. The zero-order valence-electron chi connectivity index (χ0n) is 14.0. The molecule has 5 nitrogen and oxygen atoms in total. The molecule has 2 aromatic rings. The quantitative estimate of drug-likeness (QED) is 0.908. The Balaban J connectivity index is 1.68. The molecule has 2 aliphatic rings. The fourth-order valence-electron chi connectivity index (χ4n) is 4.50. The van der Waals surface area contributed by atoms with Crippen LogP contribution in [0.25, 0.3) is 10.9 Å². The molecule has 24 heavy (non-hydrogen) atoms. The highest BCUT2D eigenvalue weighted by atomic mass is 35.5. The SMILES string of the molecule is CCC(=O)N1CCC(C2(C)[C@H](O)c3cc(Cl)cc4cnn2c34)CC1. The summed E-state index contributed by atoms with van der Waals surface area (Å²) in [5.41, 5.74) is 1.36. The average Bonchev–Trinajstić information content (AvgIpc) is 3.11. The van der Waals surface area contributed by atoms with Crippen molar-refractivity contribution in [3.05, 3.63) is 28.9 Å². The van der Waals surface area contributed by atoms with Crippen molar-refractivity contribution in [1.29, 1.82) is 0 Å². The number of halogens is 1. The zero-order valence-corrected chi connectivity index (χ0v) is 14.8. The summed E-state index contributed by atoms with van der Waals surface area (Å²) in [6, 6.07) is 3.75. The molecule has 1 saturated heterocycles. The fraction of sp³-hybridized carbons (Fsp3) is 0.556. The Hall–Kier alpha value is -1.59. The van der Waals surface area contributed by atoms with Gasteiger partial charge in [0.05, 0.1) is 17.3 Å². The van der Waals surface area contributed by atoms with E-state index in [2.05, 4.69) is 12.0 Å². The van der Waals surface area contributed by atoms with Gasteiger partial charge in [0.15, 0.2) is 0 Å². The Bertz CT molecular complexity index is 810. The first-order valence-corrected chi connectivity index (χ1v) is 8.98. The molecule has 128 valence electrons. The molecule has 0 aliphatic carbocycles. The molecule has 1 aromatic carbocycles. The third-order valence-corrected chi connectivity index (χ3v) is 6.16. The van der Waals surface area contributed by atoms with Crippen LogP contribution in [-0.4, -0.2) is 38.8 Å². The van der Waals surface area contributed by atoms with Crippen LogP contribution in [-0.2, 0) is 10.3 Å². The monoisotopic (exact) mass is 347 g/mol. The Morgan fingerprint density at radius 2 is 2.12 bits per heavy atom. The minimum atomic E-state index is -0.624. The number of rotatable bonds is 2. The van der Waals surface area contributed by atoms with E-state index >= 15 is 0 Å². The van der Waals surface area contributed by atoms with Gasteiger partial charge >= 0.3 is 0 Å². The lowest BCUT2D eigenvalue weighted by atomic mass is 9.75. The first-order valence-electron chi connectivity index (χ1n) is 8.60. The van der Waals surface area contributed by atoms with Gasteiger partial charge in [-0.3, -0.25) is 9.48 Å². The number of aliphatic hydroxyl groups excluding tert-OH is 1. The highest BCUT2D eigenvalue weighted by Gasteiger charge is 2.50. The molecule has 0 saturated carbocycles. The molecule has 4 rings (SSSR count). The highest BCUT2D eigenvalue weighted by Crippen LogP contribution is 2.51. The molecule has 1 unspecified atom stereocenters. The topological polar surface area (TPSA) is 58.4 Å². The highest BCUT2D eigenvalue weighted by molar-refractivity contribution is 6.31. The minimum Gasteiger partial charge on any atom is -0.386 e. The summed E-state index contributed by atoms with van der Waals surface area (Å²) in [6.07, 6.45) is 3.50. The van der Waals surface area contributed by atoms with Crippen LogP contribution in [0.2, 0.25) is 5.02 Å². The predicted octanol–water partition coefficient (Wildman–Crippen LogP) is 3.10. The zero-order chi connectivity index (χ0) is 17.1. The number of nitrogens with zero attached hydrogens (tertiary/aromatic N) is 3. The van der Waals surface area contributed by atoms with E-state index in [9.17, 15) is 9.90 Å². The number of piperidine rings is 1. The van der Waals surface area contributed by atoms with Gasteiger partial charge in [-0.1, -0.05) is 18.5 Å². The number of benzene rings is 1. The van der Waals surface area contributed by atoms with Gasteiger partial charge in [-0.25, -0.2) is 0 Å². The van der Waals surface area contributed by atoms with Gasteiger partial charge in [0.1, 0.15) is 6.10 Å². The first-order chi connectivity index (χ1) is 11.5. The molecule has 2 atom stereocenters. The van der Waals surface area contributed by atoms with Crippen LogP contribution < -0.4 is 0 Å². The van der Waals surface area contributed by atoms with Gasteiger partial charge < -0.3 is 10.0 Å². The number of aliphatic hydroxyl groups is 1. The predicted molar refractivity (Wildman–Crippen MR) is 92.9 cm³/mol. The minimum absolute atomic E-state index is 0.210. The van der Waals surface area contributed by atoms with Gasteiger partial charge in [-0.05, 0) is 37.8 Å². The van der Waals surface area contributed by atoms with Crippen LogP contribution in [0.3, 0.4) is 0 Å². The Labute approximate surface area is 146 Å². The van der Waals surface area contributed by atoms with E-state index in [0.717, 1.165) is 42.4 Å². The van der Waals surface area contributed by atoms with Crippen LogP contribution in [0.4, 0.5) is 0 Å². The fourth-order valence-corrected chi connectivity index (χ4v) is 4.74. The van der Waals surface area contributed by atoms with Gasteiger partial charge in [0.2, 0.25) is 5.91 Å². The van der Waals surface area contributed by atoms with Crippen molar-refractivity contribution < 1.29 is 9.90 Å². The number of hydrogen-bond acceptors (Lipinski definition) is 3. The second-order valence-electron chi connectivity index (χ2n) is 7.13. The van der Waals surface area contributed by atoms with Crippen molar-refractivity contribution in [2.75, 3.05) is 13.1 Å². The third-order valence-electron chi connectivity index (χ3n) is 5.94. The van der Waals surface area contributed by atoms with Crippen LogP contribution in [0, 0.1) is 5.92 Å². The van der Waals surface area contributed by atoms with Crippen LogP contribution >= 0.6 is 11.6 Å². The standard InChI is InChI=1S/C18H22ClN3O2/c1-3-15(23)21-6-4-12(5-7-21)18(2)17(24)14-9-13(19)8-11-10-20-22(18)16(11)14/h8-10,12,17,24H,3-7H2,1-2H3/t17-,18?/m1/s1. The number of aromatic nitrogens is 2. The summed E-state index contributed by atoms with van der Waals surface area (Å²) in [6.45, 7) is 5.49. The molecule has 0 radical (unpaired) electrons.